The van der Waals surface area contributed by atoms with Gasteiger partial charge in [-0.05, 0) is 24.6 Å². The van der Waals surface area contributed by atoms with Crippen LogP contribution in [0.4, 0.5) is 5.82 Å². The number of halogens is 1. The number of nitrogens with zero attached hydrogens (tertiary/aromatic N) is 3. The van der Waals surface area contributed by atoms with E-state index in [1.165, 1.54) is 6.07 Å². The van der Waals surface area contributed by atoms with Crippen molar-refractivity contribution < 1.29 is 4.79 Å². The normalized spacial score (nSPS) is 11.2. The number of benzene rings is 1. The van der Waals surface area contributed by atoms with Crippen LogP contribution in [-0.2, 0) is 4.79 Å². The Hall–Kier alpha value is -2.74. The number of nitrogens with two attached hydrogens (primary N) is 1. The molecular formula is C17H14ClN5OS. The van der Waals surface area contributed by atoms with Gasteiger partial charge in [0.1, 0.15) is 23.0 Å². The molecule has 0 aliphatic carbocycles. The second-order valence-electron chi connectivity index (χ2n) is 5.10. The molecule has 0 bridgehead atoms. The number of amides is 1. The van der Waals surface area contributed by atoms with Crippen LogP contribution in [-0.4, -0.2) is 16.6 Å². The first kappa shape index (κ1) is 18.6. The highest BCUT2D eigenvalue weighted by atomic mass is 35.5. The molecule has 1 aromatic carbocycles. The van der Waals surface area contributed by atoms with Crippen molar-refractivity contribution in [3.63, 3.8) is 0 Å². The van der Waals surface area contributed by atoms with Gasteiger partial charge in [0, 0.05) is 5.02 Å². The number of rotatable bonds is 5. The molecule has 8 heteroatoms. The lowest BCUT2D eigenvalue weighted by Crippen LogP contribution is -2.28. The maximum Gasteiger partial charge on any atom is 0.230 e. The zero-order valence-electron chi connectivity index (χ0n) is 13.3. The molecule has 2 rings (SSSR count). The van der Waals surface area contributed by atoms with Crippen LogP contribution in [0.25, 0.3) is 0 Å². The van der Waals surface area contributed by atoms with Crippen LogP contribution in [0.1, 0.15) is 29.7 Å². The Labute approximate surface area is 154 Å². The summed E-state index contributed by atoms with van der Waals surface area (Å²) in [5.41, 5.74) is 6.83. The molecule has 1 amide bonds. The Kier molecular flexibility index (Phi) is 6.24. The van der Waals surface area contributed by atoms with Crippen LogP contribution < -0.4 is 11.1 Å². The molecule has 0 aliphatic rings. The second-order valence-corrected chi connectivity index (χ2v) is 6.47. The Morgan fingerprint density at radius 2 is 2.04 bits per heavy atom. The lowest BCUT2D eigenvalue weighted by Gasteiger charge is -2.15. The highest BCUT2D eigenvalue weighted by Gasteiger charge is 2.15. The van der Waals surface area contributed by atoms with E-state index in [9.17, 15) is 4.79 Å². The molecule has 126 valence electrons. The minimum atomic E-state index is -0.253. The van der Waals surface area contributed by atoms with Crippen LogP contribution in [0, 0.1) is 22.7 Å². The molecule has 1 aromatic heterocycles. The number of nitrogens with one attached hydrogen (secondary N) is 1. The smallest absolute Gasteiger partial charge is 0.230 e. The van der Waals surface area contributed by atoms with E-state index in [2.05, 4.69) is 10.3 Å². The van der Waals surface area contributed by atoms with Crippen molar-refractivity contribution >= 4 is 35.1 Å². The number of hydrogen-bond acceptors (Lipinski definition) is 6. The van der Waals surface area contributed by atoms with E-state index in [0.717, 1.165) is 17.3 Å². The number of carbonyl (C=O) groups is 1. The van der Waals surface area contributed by atoms with Crippen LogP contribution in [0.5, 0.6) is 0 Å². The van der Waals surface area contributed by atoms with Crippen molar-refractivity contribution in [2.45, 2.75) is 18.0 Å². The van der Waals surface area contributed by atoms with Crippen molar-refractivity contribution in [1.82, 2.24) is 10.3 Å². The summed E-state index contributed by atoms with van der Waals surface area (Å²) >= 11 is 7.20. The summed E-state index contributed by atoms with van der Waals surface area (Å²) < 4.78 is 0. The average Bonchev–Trinajstić information content (AvgIpc) is 2.60. The molecular weight excluding hydrogens is 358 g/mol. The number of nitriles is 2. The number of hydrogen-bond donors (Lipinski definition) is 2. The van der Waals surface area contributed by atoms with Gasteiger partial charge in [0.15, 0.2) is 0 Å². The summed E-state index contributed by atoms with van der Waals surface area (Å²) in [5, 5.41) is 21.8. The molecule has 0 saturated heterocycles. The SMILES string of the molecule is C[C@H](NC(=O)CSc1nc(N)c(C#N)cc1C#N)c1ccccc1Cl. The minimum Gasteiger partial charge on any atom is -0.383 e. The number of pyridine rings is 1. The number of thioether (sulfide) groups is 1. The van der Waals surface area contributed by atoms with Crippen LogP contribution >= 0.6 is 23.4 Å². The zero-order valence-corrected chi connectivity index (χ0v) is 14.9. The van der Waals surface area contributed by atoms with Gasteiger partial charge < -0.3 is 11.1 Å². The standard InChI is InChI=1S/C17H14ClN5OS/c1-10(13-4-2-3-5-14(13)18)22-15(24)9-25-17-12(8-20)6-11(7-19)16(21)23-17/h2-6,10H,9H2,1H3,(H2,21,23)(H,22,24)/t10-/m0/s1. The van der Waals surface area contributed by atoms with Gasteiger partial charge in [-0.15, -0.1) is 0 Å². The summed E-state index contributed by atoms with van der Waals surface area (Å²) in [7, 11) is 0. The number of carbonyl (C=O) groups excluding carboxylic acids is 1. The van der Waals surface area contributed by atoms with Gasteiger partial charge in [0.25, 0.3) is 0 Å². The van der Waals surface area contributed by atoms with Gasteiger partial charge in [-0.3, -0.25) is 4.79 Å². The predicted octanol–water partition coefficient (Wildman–Crippen LogP) is 3.03. The van der Waals surface area contributed by atoms with Gasteiger partial charge >= 0.3 is 0 Å². The predicted molar refractivity (Wildman–Crippen MR) is 96.8 cm³/mol. The monoisotopic (exact) mass is 371 g/mol. The molecule has 1 heterocycles. The van der Waals surface area contributed by atoms with Crippen LogP contribution in [0.15, 0.2) is 35.4 Å². The molecule has 0 unspecified atom stereocenters. The van der Waals surface area contributed by atoms with E-state index in [1.54, 1.807) is 6.07 Å². The molecule has 3 N–H and O–H groups in total. The molecule has 6 nitrogen and oxygen atoms in total. The molecule has 25 heavy (non-hydrogen) atoms. The summed E-state index contributed by atoms with van der Waals surface area (Å²) in [5.74, 6) is -0.137. The summed E-state index contributed by atoms with van der Waals surface area (Å²) in [6.07, 6.45) is 0. The molecule has 2 aromatic rings. The van der Waals surface area contributed by atoms with Gasteiger partial charge in [0.2, 0.25) is 5.91 Å². The summed E-state index contributed by atoms with van der Waals surface area (Å²) in [6, 6.07) is 12.2. The third kappa shape index (κ3) is 4.63. The Bertz CT molecular complexity index is 888. The topological polar surface area (TPSA) is 116 Å². The molecule has 0 fully saturated rings. The fourth-order valence-electron chi connectivity index (χ4n) is 2.11. The molecule has 0 aliphatic heterocycles. The quantitative estimate of drug-likeness (QED) is 0.780. The number of nitrogen functional groups attached to an aromatic ring is 1. The Morgan fingerprint density at radius 3 is 2.68 bits per heavy atom. The Balaban J connectivity index is 2.03. The highest BCUT2D eigenvalue weighted by Crippen LogP contribution is 2.25. The zero-order chi connectivity index (χ0) is 18.4. The van der Waals surface area contributed by atoms with Crippen molar-refractivity contribution in [3.05, 3.63) is 52.0 Å². The summed E-state index contributed by atoms with van der Waals surface area (Å²) in [6.45, 7) is 1.84. The molecule has 0 saturated carbocycles. The first-order chi connectivity index (χ1) is 12.0. The first-order valence-corrected chi connectivity index (χ1v) is 8.60. The van der Waals surface area contributed by atoms with Crippen molar-refractivity contribution in [2.75, 3.05) is 11.5 Å². The molecule has 0 radical (unpaired) electrons. The first-order valence-electron chi connectivity index (χ1n) is 7.23. The third-order valence-corrected chi connectivity index (χ3v) is 4.68. The maximum absolute atomic E-state index is 12.1. The molecule has 1 atom stereocenters. The lowest BCUT2D eigenvalue weighted by molar-refractivity contribution is -0.119. The van der Waals surface area contributed by atoms with E-state index in [-0.39, 0.29) is 34.6 Å². The maximum atomic E-state index is 12.1. The van der Waals surface area contributed by atoms with Gasteiger partial charge in [-0.2, -0.15) is 10.5 Å². The second kappa shape index (κ2) is 8.39. The highest BCUT2D eigenvalue weighted by molar-refractivity contribution is 8.00. The Morgan fingerprint density at radius 1 is 1.36 bits per heavy atom. The van der Waals surface area contributed by atoms with E-state index >= 15 is 0 Å². The van der Waals surface area contributed by atoms with E-state index < -0.39 is 0 Å². The fourth-order valence-corrected chi connectivity index (χ4v) is 3.18. The van der Waals surface area contributed by atoms with E-state index in [1.807, 2.05) is 37.3 Å². The van der Waals surface area contributed by atoms with Crippen LogP contribution in [0.2, 0.25) is 5.02 Å². The van der Waals surface area contributed by atoms with Gasteiger partial charge in [-0.1, -0.05) is 41.6 Å². The lowest BCUT2D eigenvalue weighted by atomic mass is 10.1. The molecule has 0 spiro atoms. The largest absolute Gasteiger partial charge is 0.383 e. The van der Waals surface area contributed by atoms with Crippen molar-refractivity contribution in [1.29, 1.82) is 10.5 Å². The van der Waals surface area contributed by atoms with Gasteiger partial charge in [-0.25, -0.2) is 4.98 Å². The number of aromatic nitrogens is 1. The number of anilines is 1. The van der Waals surface area contributed by atoms with Crippen LogP contribution in [0.3, 0.4) is 0 Å². The van der Waals surface area contributed by atoms with Gasteiger partial charge in [0.05, 0.1) is 22.9 Å². The minimum absolute atomic E-state index is 0.0360. The summed E-state index contributed by atoms with van der Waals surface area (Å²) in [4.78, 5) is 16.2. The van der Waals surface area contributed by atoms with E-state index in [0.29, 0.717) is 10.0 Å². The fraction of sp³-hybridized carbons (Fsp3) is 0.176. The third-order valence-electron chi connectivity index (χ3n) is 3.35. The van der Waals surface area contributed by atoms with Crippen molar-refractivity contribution in [3.8, 4) is 12.1 Å². The van der Waals surface area contributed by atoms with Crippen molar-refractivity contribution in [2.24, 2.45) is 0 Å². The average molecular weight is 372 g/mol. The van der Waals surface area contributed by atoms with E-state index in [4.69, 9.17) is 27.9 Å².